The molecular formula is C10H14O3. The lowest BCUT2D eigenvalue weighted by Gasteiger charge is -2.23. The fourth-order valence-corrected chi connectivity index (χ4v) is 0.865. The Hall–Kier alpha value is -1.22. The number of ether oxygens (including phenoxy) is 1. The third kappa shape index (κ3) is 2.95. The van der Waals surface area contributed by atoms with Gasteiger partial charge in [0.05, 0.1) is 6.61 Å². The van der Waals surface area contributed by atoms with E-state index in [2.05, 4.69) is 0 Å². The molecule has 0 aliphatic heterocycles. The standard InChI is InChI=1S/C10H14O3/c1-10(2,7-11)13-9-5-3-8(12)4-6-9/h3-6,11-12H,7H2,1-2H3. The van der Waals surface area contributed by atoms with Gasteiger partial charge in [0.1, 0.15) is 17.1 Å². The first-order valence-electron chi connectivity index (χ1n) is 4.12. The molecule has 2 N–H and O–H groups in total. The average molecular weight is 182 g/mol. The molecule has 72 valence electrons. The average Bonchev–Trinajstić information content (AvgIpc) is 2.09. The monoisotopic (exact) mass is 182 g/mol. The number of aliphatic hydroxyl groups excluding tert-OH is 1. The van der Waals surface area contributed by atoms with E-state index < -0.39 is 5.60 Å². The second kappa shape index (κ2) is 3.66. The zero-order valence-corrected chi connectivity index (χ0v) is 7.82. The SMILES string of the molecule is CC(C)(CO)Oc1ccc(O)cc1. The zero-order valence-electron chi connectivity index (χ0n) is 7.82. The molecule has 0 heterocycles. The molecule has 0 aliphatic rings. The van der Waals surface area contributed by atoms with E-state index in [1.54, 1.807) is 38.1 Å². The third-order valence-corrected chi connectivity index (χ3v) is 1.61. The first-order valence-corrected chi connectivity index (χ1v) is 4.12. The third-order valence-electron chi connectivity index (χ3n) is 1.61. The highest BCUT2D eigenvalue weighted by Crippen LogP contribution is 2.20. The number of rotatable bonds is 3. The maximum Gasteiger partial charge on any atom is 0.126 e. The quantitative estimate of drug-likeness (QED) is 0.745. The predicted molar refractivity (Wildman–Crippen MR) is 49.9 cm³/mol. The Balaban J connectivity index is 2.69. The van der Waals surface area contributed by atoms with E-state index >= 15 is 0 Å². The van der Waals surface area contributed by atoms with Crippen LogP contribution in [0.3, 0.4) is 0 Å². The lowest BCUT2D eigenvalue weighted by atomic mass is 10.1. The van der Waals surface area contributed by atoms with Crippen molar-refractivity contribution in [1.29, 1.82) is 0 Å². The van der Waals surface area contributed by atoms with Crippen LogP contribution in [-0.4, -0.2) is 22.4 Å². The normalized spacial score (nSPS) is 11.3. The molecule has 0 fully saturated rings. The minimum Gasteiger partial charge on any atom is -0.508 e. The molecule has 0 saturated carbocycles. The second-order valence-electron chi connectivity index (χ2n) is 3.51. The van der Waals surface area contributed by atoms with E-state index in [1.807, 2.05) is 0 Å². The summed E-state index contributed by atoms with van der Waals surface area (Å²) in [6, 6.07) is 6.41. The maximum absolute atomic E-state index is 9.01. The predicted octanol–water partition coefficient (Wildman–Crippen LogP) is 1.54. The lowest BCUT2D eigenvalue weighted by molar-refractivity contribution is 0.0412. The van der Waals surface area contributed by atoms with Crippen LogP contribution in [0.25, 0.3) is 0 Å². The van der Waals surface area contributed by atoms with Gasteiger partial charge in [-0.05, 0) is 38.1 Å². The zero-order chi connectivity index (χ0) is 9.90. The number of phenolic OH excluding ortho intramolecular Hbond substituents is 1. The van der Waals surface area contributed by atoms with Gasteiger partial charge in [0.2, 0.25) is 0 Å². The van der Waals surface area contributed by atoms with E-state index in [4.69, 9.17) is 14.9 Å². The topological polar surface area (TPSA) is 49.7 Å². The summed E-state index contributed by atoms with van der Waals surface area (Å²) in [7, 11) is 0. The van der Waals surface area contributed by atoms with Crippen LogP contribution in [-0.2, 0) is 0 Å². The second-order valence-corrected chi connectivity index (χ2v) is 3.51. The molecular weight excluding hydrogens is 168 g/mol. The van der Waals surface area contributed by atoms with Gasteiger partial charge in [0.25, 0.3) is 0 Å². The van der Waals surface area contributed by atoms with Crippen LogP contribution in [0.4, 0.5) is 0 Å². The van der Waals surface area contributed by atoms with Gasteiger partial charge in [-0.15, -0.1) is 0 Å². The molecule has 0 radical (unpaired) electrons. The van der Waals surface area contributed by atoms with Crippen LogP contribution in [0.5, 0.6) is 11.5 Å². The van der Waals surface area contributed by atoms with Crippen molar-refractivity contribution in [2.75, 3.05) is 6.61 Å². The van der Waals surface area contributed by atoms with Crippen LogP contribution in [0.1, 0.15) is 13.8 Å². The van der Waals surface area contributed by atoms with Crippen LogP contribution in [0.15, 0.2) is 24.3 Å². The van der Waals surface area contributed by atoms with E-state index in [0.29, 0.717) is 5.75 Å². The number of aliphatic hydroxyl groups is 1. The molecule has 1 rings (SSSR count). The van der Waals surface area contributed by atoms with Gasteiger partial charge in [-0.2, -0.15) is 0 Å². The van der Waals surface area contributed by atoms with Crippen molar-refractivity contribution in [3.05, 3.63) is 24.3 Å². The Labute approximate surface area is 77.6 Å². The summed E-state index contributed by atoms with van der Waals surface area (Å²) in [6.07, 6.45) is 0. The molecule has 0 aliphatic carbocycles. The molecule has 0 amide bonds. The van der Waals surface area contributed by atoms with Crippen LogP contribution >= 0.6 is 0 Å². The Bertz CT molecular complexity index is 264. The molecule has 0 saturated heterocycles. The number of aromatic hydroxyl groups is 1. The van der Waals surface area contributed by atoms with Crippen molar-refractivity contribution < 1.29 is 14.9 Å². The number of phenols is 1. The van der Waals surface area contributed by atoms with Gasteiger partial charge in [-0.3, -0.25) is 0 Å². The lowest BCUT2D eigenvalue weighted by Crippen LogP contribution is -2.32. The number of hydrogen-bond donors (Lipinski definition) is 2. The molecule has 0 atom stereocenters. The Morgan fingerprint density at radius 3 is 2.23 bits per heavy atom. The van der Waals surface area contributed by atoms with Gasteiger partial charge in [0.15, 0.2) is 0 Å². The van der Waals surface area contributed by atoms with Crippen LogP contribution in [0.2, 0.25) is 0 Å². The summed E-state index contributed by atoms with van der Waals surface area (Å²) in [5.74, 6) is 0.839. The minimum atomic E-state index is -0.586. The summed E-state index contributed by atoms with van der Waals surface area (Å²) in [5, 5.41) is 17.9. The summed E-state index contributed by atoms with van der Waals surface area (Å²) < 4.78 is 5.44. The smallest absolute Gasteiger partial charge is 0.126 e. The fraction of sp³-hybridized carbons (Fsp3) is 0.400. The summed E-state index contributed by atoms with van der Waals surface area (Å²) in [6.45, 7) is 3.54. The first-order chi connectivity index (χ1) is 6.03. The first kappa shape index (κ1) is 9.86. The van der Waals surface area contributed by atoms with Crippen molar-refractivity contribution in [1.82, 2.24) is 0 Å². The fourth-order valence-electron chi connectivity index (χ4n) is 0.865. The number of benzene rings is 1. The summed E-state index contributed by atoms with van der Waals surface area (Å²) in [5.41, 5.74) is -0.586. The molecule has 0 aromatic heterocycles. The van der Waals surface area contributed by atoms with Crippen molar-refractivity contribution in [3.8, 4) is 11.5 Å². The largest absolute Gasteiger partial charge is 0.508 e. The molecule has 3 heteroatoms. The summed E-state index contributed by atoms with van der Waals surface area (Å²) in [4.78, 5) is 0. The van der Waals surface area contributed by atoms with E-state index in [1.165, 1.54) is 0 Å². The van der Waals surface area contributed by atoms with Gasteiger partial charge >= 0.3 is 0 Å². The van der Waals surface area contributed by atoms with Gasteiger partial charge in [0, 0.05) is 0 Å². The molecule has 1 aromatic rings. The molecule has 0 spiro atoms. The minimum absolute atomic E-state index is 0.0477. The highest BCUT2D eigenvalue weighted by Gasteiger charge is 2.17. The number of hydrogen-bond acceptors (Lipinski definition) is 3. The molecule has 13 heavy (non-hydrogen) atoms. The van der Waals surface area contributed by atoms with Gasteiger partial charge < -0.3 is 14.9 Å². The highest BCUT2D eigenvalue weighted by atomic mass is 16.5. The highest BCUT2D eigenvalue weighted by molar-refractivity contribution is 5.30. The van der Waals surface area contributed by atoms with Crippen LogP contribution < -0.4 is 4.74 Å². The maximum atomic E-state index is 9.01. The van der Waals surface area contributed by atoms with Crippen molar-refractivity contribution in [3.63, 3.8) is 0 Å². The van der Waals surface area contributed by atoms with E-state index in [-0.39, 0.29) is 12.4 Å². The Kier molecular flexibility index (Phi) is 2.78. The van der Waals surface area contributed by atoms with Crippen molar-refractivity contribution in [2.24, 2.45) is 0 Å². The Morgan fingerprint density at radius 2 is 1.77 bits per heavy atom. The van der Waals surface area contributed by atoms with Crippen molar-refractivity contribution >= 4 is 0 Å². The summed E-state index contributed by atoms with van der Waals surface area (Å²) >= 11 is 0. The van der Waals surface area contributed by atoms with Gasteiger partial charge in [-0.25, -0.2) is 0 Å². The van der Waals surface area contributed by atoms with Gasteiger partial charge in [-0.1, -0.05) is 0 Å². The molecule has 3 nitrogen and oxygen atoms in total. The van der Waals surface area contributed by atoms with E-state index in [0.717, 1.165) is 0 Å². The van der Waals surface area contributed by atoms with E-state index in [9.17, 15) is 0 Å². The molecule has 1 aromatic carbocycles. The van der Waals surface area contributed by atoms with Crippen LogP contribution in [0, 0.1) is 0 Å². The molecule has 0 unspecified atom stereocenters. The Morgan fingerprint density at radius 1 is 1.23 bits per heavy atom. The molecule has 0 bridgehead atoms. The van der Waals surface area contributed by atoms with Crippen molar-refractivity contribution in [2.45, 2.75) is 19.4 Å².